The number of nitrogens with zero attached hydrogens (tertiary/aromatic N) is 1. The Kier molecular flexibility index (Phi) is 6.93. The second kappa shape index (κ2) is 8.71. The van der Waals surface area contributed by atoms with Gasteiger partial charge < -0.3 is 15.4 Å². The minimum atomic E-state index is 0.0817. The van der Waals surface area contributed by atoms with Gasteiger partial charge in [0, 0.05) is 19.2 Å². The molecule has 2 saturated heterocycles. The second-order valence-corrected chi connectivity index (χ2v) is 6.64. The third-order valence-electron chi connectivity index (χ3n) is 4.37. The van der Waals surface area contributed by atoms with Gasteiger partial charge in [-0.2, -0.15) is 0 Å². The van der Waals surface area contributed by atoms with Crippen LogP contribution in [-0.4, -0.2) is 62.3 Å². The number of hydrogen-bond acceptors (Lipinski definition) is 4. The SMILES string of the molecule is CC(C)COCCNC(=O)C1CCCN1C1CCNCC1. The molecule has 0 saturated carbocycles. The van der Waals surface area contributed by atoms with Gasteiger partial charge in [-0.3, -0.25) is 9.69 Å². The van der Waals surface area contributed by atoms with Crippen LogP contribution >= 0.6 is 0 Å². The van der Waals surface area contributed by atoms with E-state index in [1.54, 1.807) is 0 Å². The number of hydrogen-bond donors (Lipinski definition) is 2. The van der Waals surface area contributed by atoms with Crippen LogP contribution in [0, 0.1) is 5.92 Å². The second-order valence-electron chi connectivity index (χ2n) is 6.64. The molecule has 1 unspecified atom stereocenters. The molecule has 0 aliphatic carbocycles. The van der Waals surface area contributed by atoms with Gasteiger partial charge in [-0.25, -0.2) is 0 Å². The molecule has 122 valence electrons. The van der Waals surface area contributed by atoms with Gasteiger partial charge in [-0.05, 0) is 51.2 Å². The van der Waals surface area contributed by atoms with Gasteiger partial charge in [-0.15, -0.1) is 0 Å². The smallest absolute Gasteiger partial charge is 0.237 e. The van der Waals surface area contributed by atoms with E-state index in [1.165, 1.54) is 12.8 Å². The molecule has 2 N–H and O–H groups in total. The van der Waals surface area contributed by atoms with Crippen LogP contribution < -0.4 is 10.6 Å². The standard InChI is InChI=1S/C16H31N3O2/c1-13(2)12-21-11-9-18-16(20)15-4-3-10-19(15)14-5-7-17-8-6-14/h13-15,17H,3-12H2,1-2H3,(H,18,20). The molecule has 5 heteroatoms. The number of piperidine rings is 1. The zero-order chi connectivity index (χ0) is 15.1. The van der Waals surface area contributed by atoms with Crippen LogP contribution in [0.5, 0.6) is 0 Å². The van der Waals surface area contributed by atoms with Crippen molar-refractivity contribution < 1.29 is 9.53 Å². The number of amides is 1. The first-order valence-corrected chi connectivity index (χ1v) is 8.50. The van der Waals surface area contributed by atoms with Gasteiger partial charge >= 0.3 is 0 Å². The Morgan fingerprint density at radius 3 is 2.81 bits per heavy atom. The van der Waals surface area contributed by atoms with E-state index in [4.69, 9.17) is 4.74 Å². The average Bonchev–Trinajstić information content (AvgIpc) is 2.97. The largest absolute Gasteiger partial charge is 0.379 e. The fourth-order valence-corrected chi connectivity index (χ4v) is 3.33. The molecule has 0 bridgehead atoms. The number of carbonyl (C=O) groups excluding carboxylic acids is 1. The molecule has 2 aliphatic rings. The van der Waals surface area contributed by atoms with Crippen molar-refractivity contribution in [3.05, 3.63) is 0 Å². The summed E-state index contributed by atoms with van der Waals surface area (Å²) in [5.41, 5.74) is 0. The van der Waals surface area contributed by atoms with Gasteiger partial charge in [0.15, 0.2) is 0 Å². The summed E-state index contributed by atoms with van der Waals surface area (Å²) in [6, 6.07) is 0.667. The van der Waals surface area contributed by atoms with E-state index in [-0.39, 0.29) is 11.9 Å². The lowest BCUT2D eigenvalue weighted by Gasteiger charge is -2.35. The molecule has 0 aromatic carbocycles. The minimum absolute atomic E-state index is 0.0817. The predicted octanol–water partition coefficient (Wildman–Crippen LogP) is 0.992. The third-order valence-corrected chi connectivity index (χ3v) is 4.37. The number of rotatable bonds is 7. The molecular formula is C16H31N3O2. The van der Waals surface area contributed by atoms with E-state index in [0.717, 1.165) is 39.1 Å². The maximum Gasteiger partial charge on any atom is 0.237 e. The van der Waals surface area contributed by atoms with Crippen LogP contribution in [-0.2, 0) is 9.53 Å². The predicted molar refractivity (Wildman–Crippen MR) is 84.3 cm³/mol. The third kappa shape index (κ3) is 5.24. The summed E-state index contributed by atoms with van der Waals surface area (Å²) in [4.78, 5) is 14.8. The van der Waals surface area contributed by atoms with Crippen molar-refractivity contribution in [2.45, 2.75) is 51.6 Å². The Hall–Kier alpha value is -0.650. The molecule has 2 fully saturated rings. The number of carbonyl (C=O) groups is 1. The zero-order valence-electron chi connectivity index (χ0n) is 13.6. The zero-order valence-corrected chi connectivity index (χ0v) is 13.6. The molecule has 21 heavy (non-hydrogen) atoms. The lowest BCUT2D eigenvalue weighted by Crippen LogP contribution is -2.51. The van der Waals surface area contributed by atoms with Crippen LogP contribution in [0.15, 0.2) is 0 Å². The van der Waals surface area contributed by atoms with Crippen molar-refractivity contribution >= 4 is 5.91 Å². The van der Waals surface area contributed by atoms with Crippen LogP contribution in [0.1, 0.15) is 39.5 Å². The van der Waals surface area contributed by atoms with Gasteiger partial charge in [0.25, 0.3) is 0 Å². The Balaban J connectivity index is 1.70. The molecule has 1 amide bonds. The van der Waals surface area contributed by atoms with Gasteiger partial charge in [0.2, 0.25) is 5.91 Å². The molecule has 5 nitrogen and oxygen atoms in total. The van der Waals surface area contributed by atoms with Crippen LogP contribution in [0.2, 0.25) is 0 Å². The van der Waals surface area contributed by atoms with Gasteiger partial charge in [0.05, 0.1) is 12.6 Å². The first-order chi connectivity index (χ1) is 10.2. The first kappa shape index (κ1) is 16.7. The van der Waals surface area contributed by atoms with E-state index in [0.29, 0.717) is 25.1 Å². The minimum Gasteiger partial charge on any atom is -0.379 e. The fraction of sp³-hybridized carbons (Fsp3) is 0.938. The quantitative estimate of drug-likeness (QED) is 0.688. The fourth-order valence-electron chi connectivity index (χ4n) is 3.33. The van der Waals surface area contributed by atoms with E-state index in [1.807, 2.05) is 0 Å². The Morgan fingerprint density at radius 1 is 1.33 bits per heavy atom. The highest BCUT2D eigenvalue weighted by Crippen LogP contribution is 2.24. The molecule has 2 heterocycles. The maximum atomic E-state index is 12.4. The molecule has 1 atom stereocenters. The Labute approximate surface area is 128 Å². The average molecular weight is 297 g/mol. The van der Waals surface area contributed by atoms with E-state index < -0.39 is 0 Å². The first-order valence-electron chi connectivity index (χ1n) is 8.50. The van der Waals surface area contributed by atoms with Crippen molar-refractivity contribution in [3.63, 3.8) is 0 Å². The maximum absolute atomic E-state index is 12.4. The highest BCUT2D eigenvalue weighted by atomic mass is 16.5. The van der Waals surface area contributed by atoms with Crippen molar-refractivity contribution in [2.24, 2.45) is 5.92 Å². The lowest BCUT2D eigenvalue weighted by atomic mass is 10.0. The summed E-state index contributed by atoms with van der Waals surface area (Å²) in [5.74, 6) is 0.741. The number of nitrogens with one attached hydrogen (secondary N) is 2. The normalized spacial score (nSPS) is 24.6. The molecule has 0 aromatic heterocycles. The monoisotopic (exact) mass is 297 g/mol. The van der Waals surface area contributed by atoms with E-state index >= 15 is 0 Å². The summed E-state index contributed by atoms with van der Waals surface area (Å²) < 4.78 is 5.51. The van der Waals surface area contributed by atoms with E-state index in [9.17, 15) is 4.79 Å². The van der Waals surface area contributed by atoms with E-state index in [2.05, 4.69) is 29.4 Å². The van der Waals surface area contributed by atoms with Crippen LogP contribution in [0.4, 0.5) is 0 Å². The Morgan fingerprint density at radius 2 is 2.10 bits per heavy atom. The lowest BCUT2D eigenvalue weighted by molar-refractivity contribution is -0.126. The summed E-state index contributed by atoms with van der Waals surface area (Å²) in [7, 11) is 0. The summed E-state index contributed by atoms with van der Waals surface area (Å²) in [6.07, 6.45) is 4.48. The summed E-state index contributed by atoms with van der Waals surface area (Å²) in [6.45, 7) is 9.51. The van der Waals surface area contributed by atoms with Crippen molar-refractivity contribution in [1.82, 2.24) is 15.5 Å². The summed E-state index contributed by atoms with van der Waals surface area (Å²) >= 11 is 0. The van der Waals surface area contributed by atoms with Crippen molar-refractivity contribution in [1.29, 1.82) is 0 Å². The summed E-state index contributed by atoms with van der Waals surface area (Å²) in [5, 5.41) is 6.44. The molecule has 0 aromatic rings. The molecule has 0 spiro atoms. The Bertz CT molecular complexity index is 317. The van der Waals surface area contributed by atoms with Gasteiger partial charge in [0.1, 0.15) is 0 Å². The van der Waals surface area contributed by atoms with Crippen LogP contribution in [0.3, 0.4) is 0 Å². The molecular weight excluding hydrogens is 266 g/mol. The highest BCUT2D eigenvalue weighted by Gasteiger charge is 2.35. The molecule has 2 rings (SSSR count). The highest BCUT2D eigenvalue weighted by molar-refractivity contribution is 5.82. The number of ether oxygens (including phenoxy) is 1. The van der Waals surface area contributed by atoms with Gasteiger partial charge in [-0.1, -0.05) is 13.8 Å². The van der Waals surface area contributed by atoms with Crippen molar-refractivity contribution in [3.8, 4) is 0 Å². The topological polar surface area (TPSA) is 53.6 Å². The number of likely N-dealkylation sites (tertiary alicyclic amines) is 1. The van der Waals surface area contributed by atoms with Crippen LogP contribution in [0.25, 0.3) is 0 Å². The molecule has 0 radical (unpaired) electrons. The molecule has 2 aliphatic heterocycles. The van der Waals surface area contributed by atoms with Crippen molar-refractivity contribution in [2.75, 3.05) is 39.4 Å².